The van der Waals surface area contributed by atoms with Crippen molar-refractivity contribution in [1.82, 2.24) is 0 Å². The minimum Gasteiger partial charge on any atom is -0.206 e. The summed E-state index contributed by atoms with van der Waals surface area (Å²) in [5.74, 6) is -1.92. The van der Waals surface area contributed by atoms with E-state index in [-0.39, 0.29) is 11.1 Å². The van der Waals surface area contributed by atoms with Gasteiger partial charge in [0.2, 0.25) is 0 Å². The second-order valence-corrected chi connectivity index (χ2v) is 8.61. The van der Waals surface area contributed by atoms with Gasteiger partial charge in [-0.05, 0) is 85.1 Å². The van der Waals surface area contributed by atoms with Crippen molar-refractivity contribution >= 4 is 0 Å². The van der Waals surface area contributed by atoms with Crippen LogP contribution in [0.2, 0.25) is 0 Å². The van der Waals surface area contributed by atoms with E-state index in [9.17, 15) is 17.6 Å². The molecule has 0 heterocycles. The van der Waals surface area contributed by atoms with Gasteiger partial charge in [0.15, 0.2) is 17.5 Å². The maximum Gasteiger partial charge on any atom is 0.194 e. The predicted molar refractivity (Wildman–Crippen MR) is 103 cm³/mol. The van der Waals surface area contributed by atoms with Crippen LogP contribution in [-0.2, 0) is 0 Å². The van der Waals surface area contributed by atoms with Gasteiger partial charge in [0.1, 0.15) is 5.82 Å². The average molecular weight is 390 g/mol. The molecular formula is C24H26F4. The Kier molecular flexibility index (Phi) is 5.48. The third kappa shape index (κ3) is 3.70. The van der Waals surface area contributed by atoms with E-state index < -0.39 is 23.3 Å². The molecule has 2 aliphatic rings. The van der Waals surface area contributed by atoms with Gasteiger partial charge in [-0.1, -0.05) is 31.9 Å². The van der Waals surface area contributed by atoms with E-state index in [1.54, 1.807) is 6.07 Å². The molecule has 150 valence electrons. The molecule has 0 bridgehead atoms. The van der Waals surface area contributed by atoms with Crippen LogP contribution in [0.5, 0.6) is 0 Å². The first-order chi connectivity index (χ1) is 13.5. The van der Waals surface area contributed by atoms with Gasteiger partial charge in [0.25, 0.3) is 0 Å². The molecule has 0 N–H and O–H groups in total. The van der Waals surface area contributed by atoms with Crippen molar-refractivity contribution in [1.29, 1.82) is 0 Å². The van der Waals surface area contributed by atoms with Gasteiger partial charge >= 0.3 is 0 Å². The summed E-state index contributed by atoms with van der Waals surface area (Å²) < 4.78 is 54.9. The largest absolute Gasteiger partial charge is 0.206 e. The summed E-state index contributed by atoms with van der Waals surface area (Å²) in [7, 11) is 0. The van der Waals surface area contributed by atoms with Gasteiger partial charge in [-0.25, -0.2) is 17.6 Å². The van der Waals surface area contributed by atoms with Crippen LogP contribution < -0.4 is 0 Å². The summed E-state index contributed by atoms with van der Waals surface area (Å²) >= 11 is 0. The summed E-state index contributed by atoms with van der Waals surface area (Å²) in [6.07, 6.45) is 8.54. The standard InChI is InChI=1S/C24H26F4/c1-2-14-3-4-16-10-17(6-5-15(16)9-14)18-7-8-20(21(25)11-18)19-12-22(26)24(28)23(27)13-19/h7-8,11-17H,2-6,9-10H2,1H3. The van der Waals surface area contributed by atoms with Crippen molar-refractivity contribution in [2.24, 2.45) is 17.8 Å². The third-order valence-corrected chi connectivity index (χ3v) is 7.06. The summed E-state index contributed by atoms with van der Waals surface area (Å²) in [5.41, 5.74) is 1.07. The Hall–Kier alpha value is -1.84. The van der Waals surface area contributed by atoms with Crippen molar-refractivity contribution in [3.05, 3.63) is 59.2 Å². The van der Waals surface area contributed by atoms with Gasteiger partial charge in [-0.2, -0.15) is 0 Å². The fourth-order valence-electron chi connectivity index (χ4n) is 5.39. The number of halogens is 4. The van der Waals surface area contributed by atoms with E-state index in [1.165, 1.54) is 38.2 Å². The molecule has 4 rings (SSSR count). The lowest BCUT2D eigenvalue weighted by atomic mass is 9.63. The summed E-state index contributed by atoms with van der Waals surface area (Å²) in [6, 6.07) is 6.61. The number of benzene rings is 2. The van der Waals surface area contributed by atoms with E-state index in [0.29, 0.717) is 5.92 Å². The lowest BCUT2D eigenvalue weighted by Crippen LogP contribution is -2.30. The van der Waals surface area contributed by atoms with Crippen LogP contribution >= 0.6 is 0 Å². The Balaban J connectivity index is 1.53. The fraction of sp³-hybridized carbons (Fsp3) is 0.500. The van der Waals surface area contributed by atoms with Crippen molar-refractivity contribution in [3.63, 3.8) is 0 Å². The van der Waals surface area contributed by atoms with Crippen LogP contribution in [0.25, 0.3) is 11.1 Å². The van der Waals surface area contributed by atoms with Gasteiger partial charge in [-0.3, -0.25) is 0 Å². The first-order valence-corrected chi connectivity index (χ1v) is 10.4. The molecule has 2 saturated carbocycles. The van der Waals surface area contributed by atoms with Crippen molar-refractivity contribution < 1.29 is 17.6 Å². The van der Waals surface area contributed by atoms with Gasteiger partial charge < -0.3 is 0 Å². The second-order valence-electron chi connectivity index (χ2n) is 8.61. The van der Waals surface area contributed by atoms with Crippen molar-refractivity contribution in [2.75, 3.05) is 0 Å². The molecule has 4 unspecified atom stereocenters. The second kappa shape index (κ2) is 7.88. The zero-order valence-electron chi connectivity index (χ0n) is 16.2. The fourth-order valence-corrected chi connectivity index (χ4v) is 5.39. The van der Waals surface area contributed by atoms with Crippen LogP contribution in [-0.4, -0.2) is 0 Å². The Morgan fingerprint density at radius 1 is 0.786 bits per heavy atom. The number of hydrogen-bond donors (Lipinski definition) is 0. The monoisotopic (exact) mass is 390 g/mol. The van der Waals surface area contributed by atoms with Crippen molar-refractivity contribution in [2.45, 2.75) is 57.8 Å². The molecule has 28 heavy (non-hydrogen) atoms. The van der Waals surface area contributed by atoms with Crippen LogP contribution in [0, 0.1) is 41.0 Å². The lowest BCUT2D eigenvalue weighted by molar-refractivity contribution is 0.116. The van der Waals surface area contributed by atoms with E-state index in [1.807, 2.05) is 6.07 Å². The SMILES string of the molecule is CCC1CCC2CC(c3ccc(-c4cc(F)c(F)c(F)c4)c(F)c3)CCC2C1. The average Bonchev–Trinajstić information content (AvgIpc) is 2.70. The summed E-state index contributed by atoms with van der Waals surface area (Å²) in [4.78, 5) is 0. The zero-order valence-corrected chi connectivity index (χ0v) is 16.2. The minimum atomic E-state index is -1.53. The number of rotatable bonds is 3. The lowest BCUT2D eigenvalue weighted by Gasteiger charge is -2.42. The van der Waals surface area contributed by atoms with Crippen LogP contribution in [0.1, 0.15) is 63.4 Å². The van der Waals surface area contributed by atoms with Crippen molar-refractivity contribution in [3.8, 4) is 11.1 Å². The molecular weight excluding hydrogens is 364 g/mol. The molecule has 0 aliphatic heterocycles. The maximum absolute atomic E-state index is 14.7. The van der Waals surface area contributed by atoms with Crippen LogP contribution in [0.15, 0.2) is 30.3 Å². The van der Waals surface area contributed by atoms with Gasteiger partial charge in [-0.15, -0.1) is 0 Å². The molecule has 0 radical (unpaired) electrons. The highest BCUT2D eigenvalue weighted by Crippen LogP contribution is 2.48. The third-order valence-electron chi connectivity index (χ3n) is 7.06. The molecule has 0 saturated heterocycles. The Labute approximate surface area is 164 Å². The first-order valence-electron chi connectivity index (χ1n) is 10.4. The highest BCUT2D eigenvalue weighted by molar-refractivity contribution is 5.65. The first kappa shape index (κ1) is 19.5. The smallest absolute Gasteiger partial charge is 0.194 e. The van der Waals surface area contributed by atoms with E-state index in [2.05, 4.69) is 6.92 Å². The number of fused-ring (bicyclic) bond motifs is 1. The molecule has 4 atom stereocenters. The zero-order chi connectivity index (χ0) is 19.8. The molecule has 0 spiro atoms. The topological polar surface area (TPSA) is 0 Å². The normalized spacial score (nSPS) is 27.5. The van der Waals surface area contributed by atoms with E-state index >= 15 is 0 Å². The Morgan fingerprint density at radius 2 is 1.46 bits per heavy atom. The number of hydrogen-bond acceptors (Lipinski definition) is 0. The van der Waals surface area contributed by atoms with E-state index in [4.69, 9.17) is 0 Å². The van der Waals surface area contributed by atoms with Crippen LogP contribution in [0.3, 0.4) is 0 Å². The maximum atomic E-state index is 14.7. The molecule has 2 fully saturated rings. The highest BCUT2D eigenvalue weighted by Gasteiger charge is 2.35. The molecule has 0 amide bonds. The predicted octanol–water partition coefficient (Wildman–Crippen LogP) is 7.62. The Bertz CT molecular complexity index is 837. The summed E-state index contributed by atoms with van der Waals surface area (Å²) in [5, 5.41) is 0. The van der Waals surface area contributed by atoms with Crippen LogP contribution in [0.4, 0.5) is 17.6 Å². The van der Waals surface area contributed by atoms with Gasteiger partial charge in [0.05, 0.1) is 0 Å². The Morgan fingerprint density at radius 3 is 2.14 bits per heavy atom. The molecule has 2 aromatic rings. The summed E-state index contributed by atoms with van der Waals surface area (Å²) in [6.45, 7) is 2.28. The minimum absolute atomic E-state index is 0.0158. The van der Waals surface area contributed by atoms with E-state index in [0.717, 1.165) is 48.3 Å². The quantitative estimate of drug-likeness (QED) is 0.373. The molecule has 2 aromatic carbocycles. The highest BCUT2D eigenvalue weighted by atomic mass is 19.2. The molecule has 2 aliphatic carbocycles. The van der Waals surface area contributed by atoms with Gasteiger partial charge in [0, 0.05) is 5.56 Å². The molecule has 0 nitrogen and oxygen atoms in total. The molecule has 0 aromatic heterocycles. The molecule has 4 heteroatoms.